The van der Waals surface area contributed by atoms with E-state index >= 15 is 0 Å². The van der Waals surface area contributed by atoms with Gasteiger partial charge in [0.1, 0.15) is 8.07 Å². The fourth-order valence-electron chi connectivity index (χ4n) is 1.70. The summed E-state index contributed by atoms with van der Waals surface area (Å²) in [6, 6.07) is 10.8. The fourth-order valence-corrected chi connectivity index (χ4v) is 2.34. The molecule has 0 amide bonds. The highest BCUT2D eigenvalue weighted by molar-refractivity contribution is 6.83. The first-order chi connectivity index (χ1) is 7.94. The van der Waals surface area contributed by atoms with E-state index in [1.54, 1.807) is 0 Å². The van der Waals surface area contributed by atoms with Crippen LogP contribution in [0.25, 0.3) is 0 Å². The van der Waals surface area contributed by atoms with Gasteiger partial charge in [0.15, 0.2) is 0 Å². The Morgan fingerprint density at radius 1 is 1.18 bits per heavy atom. The highest BCUT2D eigenvalue weighted by Gasteiger charge is 2.12. The average molecular weight is 245 g/mol. The lowest BCUT2D eigenvalue weighted by molar-refractivity contribution is 0.776. The Bertz CT molecular complexity index is 394. The summed E-state index contributed by atoms with van der Waals surface area (Å²) in [7, 11) is -1.27. The zero-order chi connectivity index (χ0) is 12.9. The van der Waals surface area contributed by atoms with Gasteiger partial charge in [-0.1, -0.05) is 43.8 Å². The predicted molar refractivity (Wildman–Crippen MR) is 80.0 cm³/mol. The highest BCUT2D eigenvalue weighted by Crippen LogP contribution is 2.15. The summed E-state index contributed by atoms with van der Waals surface area (Å²) in [6.07, 6.45) is 0. The molecule has 0 fully saturated rings. The van der Waals surface area contributed by atoms with Gasteiger partial charge in [-0.15, -0.1) is 5.54 Å². The van der Waals surface area contributed by atoms with Crippen LogP contribution >= 0.6 is 0 Å². The number of anilines is 1. The molecule has 1 unspecified atom stereocenters. The van der Waals surface area contributed by atoms with Gasteiger partial charge >= 0.3 is 0 Å². The minimum absolute atomic E-state index is 0.286. The topological polar surface area (TPSA) is 3.24 Å². The van der Waals surface area contributed by atoms with Crippen molar-refractivity contribution in [1.82, 2.24) is 0 Å². The van der Waals surface area contributed by atoms with Crippen LogP contribution in [0.2, 0.25) is 19.6 Å². The lowest BCUT2D eigenvalue weighted by atomic mass is 10.2. The van der Waals surface area contributed by atoms with Crippen molar-refractivity contribution in [2.24, 2.45) is 0 Å². The van der Waals surface area contributed by atoms with Crippen LogP contribution in [0.1, 0.15) is 13.8 Å². The second-order valence-electron chi connectivity index (χ2n) is 5.32. The van der Waals surface area contributed by atoms with E-state index in [-0.39, 0.29) is 6.04 Å². The number of benzene rings is 1. The number of nitrogens with zero attached hydrogens (tertiary/aromatic N) is 1. The maximum atomic E-state index is 3.45. The summed E-state index contributed by atoms with van der Waals surface area (Å²) < 4.78 is 0. The molecule has 0 aliphatic carbocycles. The maximum Gasteiger partial charge on any atom is 0.129 e. The first-order valence-corrected chi connectivity index (χ1v) is 9.78. The van der Waals surface area contributed by atoms with E-state index in [1.165, 1.54) is 5.69 Å². The van der Waals surface area contributed by atoms with E-state index in [4.69, 9.17) is 0 Å². The Morgan fingerprint density at radius 2 is 1.76 bits per heavy atom. The van der Waals surface area contributed by atoms with Gasteiger partial charge in [-0.2, -0.15) is 0 Å². The minimum atomic E-state index is -1.27. The summed E-state index contributed by atoms with van der Waals surface area (Å²) in [5.41, 5.74) is 4.71. The van der Waals surface area contributed by atoms with Crippen LogP contribution in [0, 0.1) is 11.5 Å². The Labute approximate surface area is 107 Å². The third kappa shape index (κ3) is 4.66. The third-order valence-electron chi connectivity index (χ3n) is 2.55. The molecule has 2 heteroatoms. The molecule has 1 nitrogen and oxygen atoms in total. The molecule has 92 valence electrons. The summed E-state index contributed by atoms with van der Waals surface area (Å²) in [4.78, 5) is 2.34. The Hall–Kier alpha value is -1.20. The van der Waals surface area contributed by atoms with E-state index in [2.05, 4.69) is 80.2 Å². The van der Waals surface area contributed by atoms with E-state index in [0.29, 0.717) is 0 Å². The molecule has 1 rings (SSSR count). The molecule has 1 aromatic carbocycles. The standard InChI is InChI=1S/C15H23NSi/c1-6-16(15-10-8-7-9-11-15)14(2)12-13-17(3,4)5/h7-11,14H,6H2,1-5H3. The molecule has 17 heavy (non-hydrogen) atoms. The maximum absolute atomic E-state index is 3.45. The van der Waals surface area contributed by atoms with Gasteiger partial charge in [-0.05, 0) is 26.0 Å². The molecule has 0 aliphatic rings. The number of hydrogen-bond donors (Lipinski definition) is 0. The van der Waals surface area contributed by atoms with Crippen molar-refractivity contribution in [2.45, 2.75) is 39.5 Å². The molecule has 1 atom stereocenters. The SMILES string of the molecule is CCN(c1ccccc1)C(C)C#C[Si](C)(C)C. The van der Waals surface area contributed by atoms with Crippen molar-refractivity contribution in [3.05, 3.63) is 30.3 Å². The molecule has 0 saturated carbocycles. The highest BCUT2D eigenvalue weighted by atomic mass is 28.3. The normalized spacial score (nSPS) is 12.5. The minimum Gasteiger partial charge on any atom is -0.358 e. The van der Waals surface area contributed by atoms with Crippen molar-refractivity contribution in [1.29, 1.82) is 0 Å². The smallest absolute Gasteiger partial charge is 0.129 e. The molecular formula is C15H23NSi. The summed E-state index contributed by atoms with van der Waals surface area (Å²) in [5.74, 6) is 3.41. The van der Waals surface area contributed by atoms with Crippen molar-refractivity contribution < 1.29 is 0 Å². The molecule has 0 aromatic heterocycles. The zero-order valence-electron chi connectivity index (χ0n) is 11.6. The Balaban J connectivity index is 2.85. The van der Waals surface area contributed by atoms with E-state index in [0.717, 1.165) is 6.54 Å². The van der Waals surface area contributed by atoms with Crippen LogP contribution in [-0.4, -0.2) is 20.7 Å². The van der Waals surface area contributed by atoms with Gasteiger partial charge < -0.3 is 4.90 Å². The molecule has 0 heterocycles. The van der Waals surface area contributed by atoms with Gasteiger partial charge in [0, 0.05) is 12.2 Å². The van der Waals surface area contributed by atoms with Crippen molar-refractivity contribution >= 4 is 13.8 Å². The van der Waals surface area contributed by atoms with E-state index < -0.39 is 8.07 Å². The van der Waals surface area contributed by atoms with Gasteiger partial charge in [0.2, 0.25) is 0 Å². The van der Waals surface area contributed by atoms with Crippen LogP contribution < -0.4 is 4.90 Å². The van der Waals surface area contributed by atoms with Crippen LogP contribution in [0.15, 0.2) is 30.3 Å². The zero-order valence-corrected chi connectivity index (χ0v) is 12.6. The molecule has 0 bridgehead atoms. The predicted octanol–water partition coefficient (Wildman–Crippen LogP) is 3.78. The van der Waals surface area contributed by atoms with Crippen molar-refractivity contribution in [3.63, 3.8) is 0 Å². The van der Waals surface area contributed by atoms with Crippen molar-refractivity contribution in [3.8, 4) is 11.5 Å². The van der Waals surface area contributed by atoms with E-state index in [1.807, 2.05) is 0 Å². The van der Waals surface area contributed by atoms with Crippen LogP contribution in [0.5, 0.6) is 0 Å². The Kier molecular flexibility index (Phi) is 4.83. The molecular weight excluding hydrogens is 222 g/mol. The van der Waals surface area contributed by atoms with Gasteiger partial charge in [0.05, 0.1) is 6.04 Å². The number of para-hydroxylation sites is 1. The van der Waals surface area contributed by atoms with E-state index in [9.17, 15) is 0 Å². The number of hydrogen-bond acceptors (Lipinski definition) is 1. The third-order valence-corrected chi connectivity index (χ3v) is 3.45. The van der Waals surface area contributed by atoms with Gasteiger partial charge in [-0.3, -0.25) is 0 Å². The quantitative estimate of drug-likeness (QED) is 0.578. The summed E-state index contributed by atoms with van der Waals surface area (Å²) in [5, 5.41) is 0. The lowest BCUT2D eigenvalue weighted by Gasteiger charge is -2.27. The molecule has 1 aromatic rings. The molecule has 0 spiro atoms. The molecule has 0 radical (unpaired) electrons. The van der Waals surface area contributed by atoms with Gasteiger partial charge in [-0.25, -0.2) is 0 Å². The van der Waals surface area contributed by atoms with Crippen molar-refractivity contribution in [2.75, 3.05) is 11.4 Å². The van der Waals surface area contributed by atoms with Crippen LogP contribution in [-0.2, 0) is 0 Å². The first-order valence-electron chi connectivity index (χ1n) is 6.28. The Morgan fingerprint density at radius 3 is 2.24 bits per heavy atom. The van der Waals surface area contributed by atoms with Crippen LogP contribution in [0.4, 0.5) is 5.69 Å². The molecule has 0 aliphatic heterocycles. The fraction of sp³-hybridized carbons (Fsp3) is 0.467. The first kappa shape index (κ1) is 13.9. The van der Waals surface area contributed by atoms with Crippen LogP contribution in [0.3, 0.4) is 0 Å². The summed E-state index contributed by atoms with van der Waals surface area (Å²) >= 11 is 0. The second-order valence-corrected chi connectivity index (χ2v) is 10.1. The molecule has 0 saturated heterocycles. The lowest BCUT2D eigenvalue weighted by Crippen LogP contribution is -2.32. The second kappa shape index (κ2) is 5.93. The number of rotatable bonds is 3. The largest absolute Gasteiger partial charge is 0.358 e. The average Bonchev–Trinajstić information content (AvgIpc) is 2.28. The summed E-state index contributed by atoms with van der Waals surface area (Å²) in [6.45, 7) is 12.2. The van der Waals surface area contributed by atoms with Gasteiger partial charge in [0.25, 0.3) is 0 Å². The monoisotopic (exact) mass is 245 g/mol. The molecule has 0 N–H and O–H groups in total.